The smallest absolute Gasteiger partial charge is 0.252 e. The summed E-state index contributed by atoms with van der Waals surface area (Å²) in [6, 6.07) is 1.96. The molecule has 1 aliphatic heterocycles. The van der Waals surface area contributed by atoms with E-state index in [1.165, 1.54) is 19.3 Å². The predicted octanol–water partition coefficient (Wildman–Crippen LogP) is 1.58. The van der Waals surface area contributed by atoms with Crippen molar-refractivity contribution >= 4 is 11.7 Å². The molecule has 0 atom stereocenters. The van der Waals surface area contributed by atoms with Gasteiger partial charge in [0.25, 0.3) is 5.91 Å². The number of carbonyl (C=O) groups is 1. The molecule has 0 bridgehead atoms. The van der Waals surface area contributed by atoms with Gasteiger partial charge in [0.05, 0.1) is 5.56 Å². The van der Waals surface area contributed by atoms with Gasteiger partial charge < -0.3 is 10.6 Å². The minimum absolute atomic E-state index is 0.0131. The maximum Gasteiger partial charge on any atom is 0.252 e. The van der Waals surface area contributed by atoms with Crippen molar-refractivity contribution in [2.24, 2.45) is 5.92 Å². The van der Waals surface area contributed by atoms with Crippen molar-refractivity contribution in [3.05, 3.63) is 23.4 Å². The molecule has 4 nitrogen and oxygen atoms in total. The highest BCUT2D eigenvalue weighted by atomic mass is 16.1. The van der Waals surface area contributed by atoms with E-state index >= 15 is 0 Å². The van der Waals surface area contributed by atoms with Gasteiger partial charge in [0, 0.05) is 19.3 Å². The van der Waals surface area contributed by atoms with Crippen molar-refractivity contribution in [2.45, 2.75) is 25.7 Å². The SMILES string of the molecule is O=C(NCC1CCC1)c1cnc2c(c1)CCN2. The third kappa shape index (κ3) is 2.12. The maximum atomic E-state index is 11.9. The third-order valence-electron chi connectivity index (χ3n) is 3.69. The van der Waals surface area contributed by atoms with E-state index in [-0.39, 0.29) is 5.91 Å². The van der Waals surface area contributed by atoms with E-state index < -0.39 is 0 Å². The van der Waals surface area contributed by atoms with Gasteiger partial charge >= 0.3 is 0 Å². The Morgan fingerprint density at radius 1 is 1.53 bits per heavy atom. The van der Waals surface area contributed by atoms with E-state index in [1.807, 2.05) is 6.07 Å². The number of fused-ring (bicyclic) bond motifs is 1. The number of aromatic nitrogens is 1. The Bertz CT molecular complexity index is 440. The Kier molecular flexibility index (Phi) is 2.71. The number of rotatable bonds is 3. The highest BCUT2D eigenvalue weighted by Crippen LogP contribution is 2.25. The van der Waals surface area contributed by atoms with Crippen LogP contribution in [0.5, 0.6) is 0 Å². The van der Waals surface area contributed by atoms with Gasteiger partial charge in [-0.1, -0.05) is 6.42 Å². The molecule has 0 radical (unpaired) electrons. The summed E-state index contributed by atoms with van der Waals surface area (Å²) in [6.07, 6.45) is 6.45. The summed E-state index contributed by atoms with van der Waals surface area (Å²) in [4.78, 5) is 16.2. The molecule has 0 unspecified atom stereocenters. The van der Waals surface area contributed by atoms with Crippen molar-refractivity contribution in [1.82, 2.24) is 10.3 Å². The molecule has 1 fully saturated rings. The normalized spacial score (nSPS) is 18.1. The number of hydrogen-bond donors (Lipinski definition) is 2. The van der Waals surface area contributed by atoms with E-state index in [1.54, 1.807) is 6.20 Å². The van der Waals surface area contributed by atoms with Gasteiger partial charge in [-0.2, -0.15) is 0 Å². The van der Waals surface area contributed by atoms with Crippen molar-refractivity contribution in [3.63, 3.8) is 0 Å². The molecule has 2 aliphatic rings. The molecule has 1 amide bonds. The molecule has 1 aromatic heterocycles. The Hall–Kier alpha value is -1.58. The van der Waals surface area contributed by atoms with Crippen LogP contribution in [0.25, 0.3) is 0 Å². The molecule has 1 aliphatic carbocycles. The minimum atomic E-state index is 0.0131. The van der Waals surface area contributed by atoms with Crippen LogP contribution < -0.4 is 10.6 Å². The summed E-state index contributed by atoms with van der Waals surface area (Å²) in [5.41, 5.74) is 1.84. The van der Waals surface area contributed by atoms with E-state index in [2.05, 4.69) is 15.6 Å². The van der Waals surface area contributed by atoms with Gasteiger partial charge in [-0.3, -0.25) is 4.79 Å². The zero-order valence-corrected chi connectivity index (χ0v) is 9.83. The zero-order chi connectivity index (χ0) is 11.7. The average molecular weight is 231 g/mol. The van der Waals surface area contributed by atoms with Crippen LogP contribution in [0.15, 0.2) is 12.3 Å². The maximum absolute atomic E-state index is 11.9. The number of amides is 1. The first-order chi connectivity index (χ1) is 8.33. The number of carbonyl (C=O) groups excluding carboxylic acids is 1. The molecular formula is C13H17N3O. The van der Waals surface area contributed by atoms with Crippen LogP contribution in [0.3, 0.4) is 0 Å². The molecule has 2 N–H and O–H groups in total. The van der Waals surface area contributed by atoms with Crippen LogP contribution in [0, 0.1) is 5.92 Å². The highest BCUT2D eigenvalue weighted by Gasteiger charge is 2.19. The molecule has 0 saturated heterocycles. The lowest BCUT2D eigenvalue weighted by molar-refractivity contribution is 0.0938. The fourth-order valence-electron chi connectivity index (χ4n) is 2.34. The van der Waals surface area contributed by atoms with Crippen LogP contribution in [0.1, 0.15) is 35.2 Å². The van der Waals surface area contributed by atoms with Crippen molar-refractivity contribution in [1.29, 1.82) is 0 Å². The third-order valence-corrected chi connectivity index (χ3v) is 3.69. The first kappa shape index (κ1) is 10.6. The summed E-state index contributed by atoms with van der Waals surface area (Å²) in [5.74, 6) is 1.64. The topological polar surface area (TPSA) is 54.0 Å². The lowest BCUT2D eigenvalue weighted by Crippen LogP contribution is -2.32. The van der Waals surface area contributed by atoms with Crippen LogP contribution in [-0.4, -0.2) is 24.0 Å². The summed E-state index contributed by atoms with van der Waals surface area (Å²) in [6.45, 7) is 1.74. The molecule has 17 heavy (non-hydrogen) atoms. The number of pyridine rings is 1. The molecule has 0 aromatic carbocycles. The van der Waals surface area contributed by atoms with E-state index in [0.29, 0.717) is 11.5 Å². The van der Waals surface area contributed by atoms with E-state index in [0.717, 1.165) is 30.9 Å². The second-order valence-corrected chi connectivity index (χ2v) is 4.92. The number of hydrogen-bond acceptors (Lipinski definition) is 3. The molecule has 90 valence electrons. The monoisotopic (exact) mass is 231 g/mol. The standard InChI is InChI=1S/C13H17N3O/c17-13(16-7-9-2-1-3-9)11-6-10-4-5-14-12(10)15-8-11/h6,8-9H,1-5,7H2,(H,14,15)(H,16,17). The highest BCUT2D eigenvalue weighted by molar-refractivity contribution is 5.94. The summed E-state index contributed by atoms with van der Waals surface area (Å²) >= 11 is 0. The molecule has 1 aromatic rings. The second-order valence-electron chi connectivity index (χ2n) is 4.92. The Balaban J connectivity index is 1.64. The largest absolute Gasteiger partial charge is 0.370 e. The van der Waals surface area contributed by atoms with Gasteiger partial charge in [-0.05, 0) is 36.8 Å². The first-order valence-corrected chi connectivity index (χ1v) is 6.34. The average Bonchev–Trinajstić information content (AvgIpc) is 2.73. The number of nitrogens with zero attached hydrogens (tertiary/aromatic N) is 1. The van der Waals surface area contributed by atoms with E-state index in [9.17, 15) is 4.79 Å². The Labute approximate surface area is 101 Å². The number of nitrogens with one attached hydrogen (secondary N) is 2. The summed E-state index contributed by atoms with van der Waals surface area (Å²) < 4.78 is 0. The quantitative estimate of drug-likeness (QED) is 0.830. The van der Waals surface area contributed by atoms with Gasteiger partial charge in [-0.15, -0.1) is 0 Å². The Morgan fingerprint density at radius 2 is 2.41 bits per heavy atom. The summed E-state index contributed by atoms with van der Waals surface area (Å²) in [7, 11) is 0. The first-order valence-electron chi connectivity index (χ1n) is 6.34. The van der Waals surface area contributed by atoms with Gasteiger partial charge in [0.15, 0.2) is 0 Å². The molecule has 3 rings (SSSR count). The molecule has 4 heteroatoms. The minimum Gasteiger partial charge on any atom is -0.370 e. The molecule has 0 spiro atoms. The Morgan fingerprint density at radius 3 is 3.18 bits per heavy atom. The van der Waals surface area contributed by atoms with Crippen LogP contribution in [0.2, 0.25) is 0 Å². The number of anilines is 1. The summed E-state index contributed by atoms with van der Waals surface area (Å²) in [5, 5.41) is 6.18. The zero-order valence-electron chi connectivity index (χ0n) is 9.83. The van der Waals surface area contributed by atoms with Crippen LogP contribution >= 0.6 is 0 Å². The fraction of sp³-hybridized carbons (Fsp3) is 0.538. The van der Waals surface area contributed by atoms with Crippen LogP contribution in [0.4, 0.5) is 5.82 Å². The van der Waals surface area contributed by atoms with Crippen molar-refractivity contribution in [2.75, 3.05) is 18.4 Å². The molecule has 1 saturated carbocycles. The molecule has 2 heterocycles. The van der Waals surface area contributed by atoms with Gasteiger partial charge in [0.2, 0.25) is 0 Å². The van der Waals surface area contributed by atoms with E-state index in [4.69, 9.17) is 0 Å². The van der Waals surface area contributed by atoms with Crippen molar-refractivity contribution < 1.29 is 4.79 Å². The predicted molar refractivity (Wildman–Crippen MR) is 66.1 cm³/mol. The van der Waals surface area contributed by atoms with Crippen LogP contribution in [-0.2, 0) is 6.42 Å². The lowest BCUT2D eigenvalue weighted by Gasteiger charge is -2.25. The fourth-order valence-corrected chi connectivity index (χ4v) is 2.34. The van der Waals surface area contributed by atoms with Gasteiger partial charge in [0.1, 0.15) is 5.82 Å². The molecular weight excluding hydrogens is 214 g/mol. The van der Waals surface area contributed by atoms with Crippen molar-refractivity contribution in [3.8, 4) is 0 Å². The second kappa shape index (κ2) is 4.35. The van der Waals surface area contributed by atoms with Gasteiger partial charge in [-0.25, -0.2) is 4.98 Å². The lowest BCUT2D eigenvalue weighted by atomic mass is 9.85.